The summed E-state index contributed by atoms with van der Waals surface area (Å²) in [5.74, 6) is 0.905. The summed E-state index contributed by atoms with van der Waals surface area (Å²) in [6.45, 7) is 1.76. The predicted molar refractivity (Wildman–Crippen MR) is 73.2 cm³/mol. The maximum atomic E-state index is 11.9. The van der Waals surface area contributed by atoms with Gasteiger partial charge in [0.05, 0.1) is 19.3 Å². The smallest absolute Gasteiger partial charge is 0.317 e. The number of ether oxygens (including phenoxy) is 1. The molecule has 0 radical (unpaired) electrons. The molecule has 1 aliphatic heterocycles. The fraction of sp³-hybridized carbons (Fsp3) is 0.538. The van der Waals surface area contributed by atoms with Crippen LogP contribution in [0.15, 0.2) is 18.3 Å². The monoisotopic (exact) mass is 264 g/mol. The molecule has 19 heavy (non-hydrogen) atoms. The van der Waals surface area contributed by atoms with E-state index in [0.29, 0.717) is 19.8 Å². The lowest BCUT2D eigenvalue weighted by Crippen LogP contribution is -2.52. The summed E-state index contributed by atoms with van der Waals surface area (Å²) in [4.78, 5) is 19.8. The molecule has 1 saturated heterocycles. The van der Waals surface area contributed by atoms with E-state index in [1.165, 1.54) is 0 Å². The molecule has 1 N–H and O–H groups in total. The van der Waals surface area contributed by atoms with Gasteiger partial charge >= 0.3 is 6.03 Å². The van der Waals surface area contributed by atoms with Crippen LogP contribution >= 0.6 is 0 Å². The van der Waals surface area contributed by atoms with Crippen molar-refractivity contribution in [3.63, 3.8) is 0 Å². The average Bonchev–Trinajstić information content (AvgIpc) is 2.34. The number of carbonyl (C=O) groups excluding carboxylic acids is 1. The molecule has 0 aliphatic carbocycles. The summed E-state index contributed by atoms with van der Waals surface area (Å²) in [7, 11) is 5.67. The highest BCUT2D eigenvalue weighted by molar-refractivity contribution is 5.74. The van der Waals surface area contributed by atoms with E-state index in [-0.39, 0.29) is 12.1 Å². The van der Waals surface area contributed by atoms with Crippen LogP contribution in [0.25, 0.3) is 0 Å². The zero-order valence-corrected chi connectivity index (χ0v) is 11.6. The number of carbonyl (C=O) groups is 1. The van der Waals surface area contributed by atoms with Crippen LogP contribution in [-0.2, 0) is 11.3 Å². The number of rotatable bonds is 4. The number of hydrogen-bond acceptors (Lipinski definition) is 4. The molecule has 1 aromatic heterocycles. The Hall–Kier alpha value is -1.82. The van der Waals surface area contributed by atoms with Crippen LogP contribution in [0.3, 0.4) is 0 Å². The first kappa shape index (κ1) is 13.6. The molecule has 0 aromatic carbocycles. The molecule has 6 nitrogen and oxygen atoms in total. The van der Waals surface area contributed by atoms with Gasteiger partial charge in [-0.3, -0.25) is 0 Å². The lowest BCUT2D eigenvalue weighted by atomic mass is 10.2. The van der Waals surface area contributed by atoms with Crippen LogP contribution in [0.5, 0.6) is 0 Å². The predicted octanol–water partition coefficient (Wildman–Crippen LogP) is 0.688. The van der Waals surface area contributed by atoms with Gasteiger partial charge in [-0.05, 0) is 11.6 Å². The summed E-state index contributed by atoms with van der Waals surface area (Å²) in [5.41, 5.74) is 1.01. The zero-order chi connectivity index (χ0) is 13.8. The molecule has 0 atom stereocenters. The highest BCUT2D eigenvalue weighted by Gasteiger charge is 2.21. The first-order valence-corrected chi connectivity index (χ1v) is 6.28. The van der Waals surface area contributed by atoms with Crippen molar-refractivity contribution in [2.45, 2.75) is 12.6 Å². The Morgan fingerprint density at radius 1 is 1.42 bits per heavy atom. The van der Waals surface area contributed by atoms with E-state index < -0.39 is 0 Å². The summed E-state index contributed by atoms with van der Waals surface area (Å²) in [6.07, 6.45) is 1.80. The number of nitrogens with one attached hydrogen (secondary N) is 1. The molecule has 1 fully saturated rings. The Morgan fingerprint density at radius 3 is 2.63 bits per heavy atom. The Kier molecular flexibility index (Phi) is 4.21. The van der Waals surface area contributed by atoms with E-state index >= 15 is 0 Å². The minimum atomic E-state index is -0.0787. The van der Waals surface area contributed by atoms with Crippen molar-refractivity contribution in [3.05, 3.63) is 23.9 Å². The highest BCUT2D eigenvalue weighted by Crippen LogP contribution is 2.09. The number of aromatic nitrogens is 1. The Morgan fingerprint density at radius 2 is 2.16 bits per heavy atom. The van der Waals surface area contributed by atoms with E-state index in [1.807, 2.05) is 31.1 Å². The Labute approximate surface area is 113 Å². The first-order valence-electron chi connectivity index (χ1n) is 6.28. The second kappa shape index (κ2) is 5.88. The largest absolute Gasteiger partial charge is 0.377 e. The van der Waals surface area contributed by atoms with Crippen molar-refractivity contribution in [1.82, 2.24) is 15.2 Å². The molecule has 0 bridgehead atoms. The van der Waals surface area contributed by atoms with E-state index in [2.05, 4.69) is 10.3 Å². The van der Waals surface area contributed by atoms with Gasteiger partial charge in [0, 0.05) is 33.9 Å². The summed E-state index contributed by atoms with van der Waals surface area (Å²) < 4.78 is 5.02. The van der Waals surface area contributed by atoms with Crippen molar-refractivity contribution in [3.8, 4) is 0 Å². The van der Waals surface area contributed by atoms with E-state index in [9.17, 15) is 4.79 Å². The third kappa shape index (κ3) is 3.57. The van der Waals surface area contributed by atoms with Crippen LogP contribution in [0.2, 0.25) is 0 Å². The van der Waals surface area contributed by atoms with Gasteiger partial charge in [0.15, 0.2) is 0 Å². The molecule has 2 rings (SSSR count). The molecule has 2 amide bonds. The van der Waals surface area contributed by atoms with Crippen molar-refractivity contribution >= 4 is 11.8 Å². The molecular weight excluding hydrogens is 244 g/mol. The molecule has 0 saturated carbocycles. The van der Waals surface area contributed by atoms with Crippen LogP contribution in [0, 0.1) is 0 Å². The second-order valence-electron chi connectivity index (χ2n) is 4.96. The van der Waals surface area contributed by atoms with Crippen LogP contribution in [0.1, 0.15) is 5.56 Å². The molecule has 1 aliphatic rings. The number of pyridine rings is 1. The lowest BCUT2D eigenvalue weighted by molar-refractivity contribution is -0.00175. The zero-order valence-electron chi connectivity index (χ0n) is 11.6. The number of hydrogen-bond donors (Lipinski definition) is 1. The minimum absolute atomic E-state index is 0.0787. The van der Waals surface area contributed by atoms with Gasteiger partial charge < -0.3 is 19.9 Å². The SMILES string of the molecule is CN(Cc1ccc(N(C)C)nc1)C(=O)NC1COC1. The minimum Gasteiger partial charge on any atom is -0.377 e. The van der Waals surface area contributed by atoms with Gasteiger partial charge in [0.1, 0.15) is 5.82 Å². The summed E-state index contributed by atoms with van der Waals surface area (Å²) >= 11 is 0. The second-order valence-corrected chi connectivity index (χ2v) is 4.96. The van der Waals surface area contributed by atoms with Crippen molar-refractivity contribution in [1.29, 1.82) is 0 Å². The number of anilines is 1. The average molecular weight is 264 g/mol. The maximum Gasteiger partial charge on any atom is 0.317 e. The first-order chi connectivity index (χ1) is 9.06. The molecular formula is C13H20N4O2. The molecule has 2 heterocycles. The topological polar surface area (TPSA) is 57.7 Å². The van der Waals surface area contributed by atoms with Gasteiger partial charge in [-0.15, -0.1) is 0 Å². The molecule has 1 aromatic rings. The third-order valence-electron chi connectivity index (χ3n) is 3.00. The van der Waals surface area contributed by atoms with E-state index in [4.69, 9.17) is 4.74 Å². The molecule has 0 spiro atoms. The van der Waals surface area contributed by atoms with Crippen LogP contribution in [-0.4, -0.2) is 56.3 Å². The number of nitrogens with zero attached hydrogens (tertiary/aromatic N) is 3. The van der Waals surface area contributed by atoms with Gasteiger partial charge in [0.25, 0.3) is 0 Å². The van der Waals surface area contributed by atoms with E-state index in [1.54, 1.807) is 18.1 Å². The van der Waals surface area contributed by atoms with E-state index in [0.717, 1.165) is 11.4 Å². The van der Waals surface area contributed by atoms with Crippen molar-refractivity contribution in [2.75, 3.05) is 39.3 Å². The lowest BCUT2D eigenvalue weighted by Gasteiger charge is -2.29. The van der Waals surface area contributed by atoms with Gasteiger partial charge in [-0.25, -0.2) is 9.78 Å². The van der Waals surface area contributed by atoms with Crippen molar-refractivity contribution in [2.24, 2.45) is 0 Å². The van der Waals surface area contributed by atoms with Gasteiger partial charge in [-0.2, -0.15) is 0 Å². The maximum absolute atomic E-state index is 11.9. The number of amides is 2. The third-order valence-corrected chi connectivity index (χ3v) is 3.00. The van der Waals surface area contributed by atoms with Gasteiger partial charge in [0.2, 0.25) is 0 Å². The van der Waals surface area contributed by atoms with Crippen LogP contribution < -0.4 is 10.2 Å². The van der Waals surface area contributed by atoms with Gasteiger partial charge in [-0.1, -0.05) is 6.07 Å². The fourth-order valence-corrected chi connectivity index (χ4v) is 1.72. The molecule has 6 heteroatoms. The summed E-state index contributed by atoms with van der Waals surface area (Å²) in [6, 6.07) is 4.01. The fourth-order valence-electron chi connectivity index (χ4n) is 1.72. The normalized spacial score (nSPS) is 14.7. The van der Waals surface area contributed by atoms with Crippen molar-refractivity contribution < 1.29 is 9.53 Å². The van der Waals surface area contributed by atoms with Crippen LogP contribution in [0.4, 0.5) is 10.6 Å². The molecule has 104 valence electrons. The highest BCUT2D eigenvalue weighted by atomic mass is 16.5. The Bertz CT molecular complexity index is 429. The quantitative estimate of drug-likeness (QED) is 0.869. The summed E-state index contributed by atoms with van der Waals surface area (Å²) in [5, 5.41) is 2.90. The standard InChI is InChI=1S/C13H20N4O2/c1-16(2)12-5-4-10(6-14-12)7-17(3)13(18)15-11-8-19-9-11/h4-6,11H,7-9H2,1-3H3,(H,15,18). The Balaban J connectivity index is 1.86. The molecule has 0 unspecified atom stereocenters. The number of urea groups is 1.